The molecular formula is C17H21N5O5. The zero-order chi connectivity index (χ0) is 19.8. The number of carbonyl (C=O) groups is 3. The number of amides is 2. The minimum absolute atomic E-state index is 0.00118. The number of hydrogen-bond acceptors (Lipinski definition) is 6. The number of likely N-dealkylation sites (N-methyl/N-ethyl adjacent to an activating group) is 1. The van der Waals surface area contributed by atoms with Gasteiger partial charge in [0.05, 0.1) is 12.8 Å². The molecule has 0 bridgehead atoms. The van der Waals surface area contributed by atoms with Gasteiger partial charge in [0, 0.05) is 26.2 Å². The number of aromatic nitrogens is 3. The second-order valence-corrected chi connectivity index (χ2v) is 5.91. The van der Waals surface area contributed by atoms with Gasteiger partial charge in [-0.2, -0.15) is 0 Å². The molecule has 2 N–H and O–H groups in total. The van der Waals surface area contributed by atoms with Crippen LogP contribution >= 0.6 is 0 Å². The molecular weight excluding hydrogens is 354 g/mol. The van der Waals surface area contributed by atoms with E-state index in [-0.39, 0.29) is 24.6 Å². The molecule has 144 valence electrons. The Hall–Kier alpha value is -3.43. The maximum Gasteiger partial charge on any atom is 0.303 e. The number of carboxylic acids is 1. The molecule has 2 rings (SSSR count). The van der Waals surface area contributed by atoms with Crippen LogP contribution in [0.1, 0.15) is 23.3 Å². The van der Waals surface area contributed by atoms with E-state index in [9.17, 15) is 14.4 Å². The van der Waals surface area contributed by atoms with Crippen molar-refractivity contribution >= 4 is 23.5 Å². The fourth-order valence-corrected chi connectivity index (χ4v) is 2.00. The third-order valence-electron chi connectivity index (χ3n) is 3.48. The largest absolute Gasteiger partial charge is 0.494 e. The van der Waals surface area contributed by atoms with Crippen molar-refractivity contribution in [1.29, 1.82) is 0 Å². The molecule has 2 aromatic rings. The van der Waals surface area contributed by atoms with Crippen molar-refractivity contribution < 1.29 is 24.2 Å². The van der Waals surface area contributed by atoms with Crippen LogP contribution in [0, 0.1) is 0 Å². The van der Waals surface area contributed by atoms with Gasteiger partial charge >= 0.3 is 5.97 Å². The topological polar surface area (TPSA) is 127 Å². The lowest BCUT2D eigenvalue weighted by molar-refractivity contribution is -0.137. The Labute approximate surface area is 155 Å². The van der Waals surface area contributed by atoms with Crippen LogP contribution in [0.4, 0.5) is 5.69 Å². The molecule has 0 aliphatic rings. The summed E-state index contributed by atoms with van der Waals surface area (Å²) in [5.41, 5.74) is 0.632. The van der Waals surface area contributed by atoms with Gasteiger partial charge in [-0.05, 0) is 30.7 Å². The van der Waals surface area contributed by atoms with Crippen LogP contribution < -0.4 is 10.1 Å². The summed E-state index contributed by atoms with van der Waals surface area (Å²) in [6, 6.07) is 6.65. The number of benzene rings is 1. The van der Waals surface area contributed by atoms with Crippen molar-refractivity contribution in [3.63, 3.8) is 0 Å². The number of aliphatic carboxylic acids is 1. The number of nitrogens with one attached hydrogen (secondary N) is 1. The first-order valence-corrected chi connectivity index (χ1v) is 8.21. The van der Waals surface area contributed by atoms with E-state index in [1.54, 1.807) is 38.4 Å². The molecule has 0 spiro atoms. The highest BCUT2D eigenvalue weighted by Gasteiger charge is 2.13. The smallest absolute Gasteiger partial charge is 0.303 e. The quantitative estimate of drug-likeness (QED) is 0.622. The average Bonchev–Trinajstić information content (AvgIpc) is 3.08. The Balaban J connectivity index is 1.86. The van der Waals surface area contributed by atoms with Crippen LogP contribution in [0.2, 0.25) is 0 Å². The molecule has 2 amide bonds. The van der Waals surface area contributed by atoms with Crippen molar-refractivity contribution in [1.82, 2.24) is 19.9 Å². The zero-order valence-electron chi connectivity index (χ0n) is 15.1. The Morgan fingerprint density at radius 1 is 1.22 bits per heavy atom. The number of carboxylic acid groups (broad SMARTS) is 1. The molecule has 27 heavy (non-hydrogen) atoms. The SMILES string of the molecule is CN(C)C(=O)Cn1cc(C(=O)Nc2ccc(OCCCC(=O)O)cc2)nn1. The van der Waals surface area contributed by atoms with E-state index in [2.05, 4.69) is 15.6 Å². The molecule has 0 saturated carbocycles. The molecule has 1 aromatic heterocycles. The van der Waals surface area contributed by atoms with Gasteiger partial charge in [0.25, 0.3) is 5.91 Å². The lowest BCUT2D eigenvalue weighted by Gasteiger charge is -2.08. The molecule has 0 aliphatic heterocycles. The monoisotopic (exact) mass is 375 g/mol. The predicted molar refractivity (Wildman–Crippen MR) is 95.5 cm³/mol. The molecule has 0 fully saturated rings. The summed E-state index contributed by atoms with van der Waals surface area (Å²) in [7, 11) is 3.26. The molecule has 0 atom stereocenters. The van der Waals surface area contributed by atoms with Gasteiger partial charge in [0.15, 0.2) is 5.69 Å². The van der Waals surface area contributed by atoms with Crippen molar-refractivity contribution in [3.05, 3.63) is 36.2 Å². The number of ether oxygens (including phenoxy) is 1. The standard InChI is InChI=1S/C17H21N5O5/c1-21(2)15(23)11-22-10-14(19-20-22)17(26)18-12-5-7-13(8-6-12)27-9-3-4-16(24)25/h5-8,10H,3-4,9,11H2,1-2H3,(H,18,26)(H,24,25). The first-order chi connectivity index (χ1) is 12.8. The van der Waals surface area contributed by atoms with Gasteiger partial charge in [-0.25, -0.2) is 4.68 Å². The van der Waals surface area contributed by atoms with Crippen LogP contribution in [0.3, 0.4) is 0 Å². The van der Waals surface area contributed by atoms with E-state index < -0.39 is 11.9 Å². The summed E-state index contributed by atoms with van der Waals surface area (Å²) in [6.07, 6.45) is 1.87. The average molecular weight is 375 g/mol. The molecule has 0 unspecified atom stereocenters. The second kappa shape index (κ2) is 9.32. The van der Waals surface area contributed by atoms with Crippen molar-refractivity contribution in [2.75, 3.05) is 26.0 Å². The van der Waals surface area contributed by atoms with Crippen LogP contribution in [-0.2, 0) is 16.1 Å². The first-order valence-electron chi connectivity index (χ1n) is 8.21. The van der Waals surface area contributed by atoms with E-state index in [4.69, 9.17) is 9.84 Å². The highest BCUT2D eigenvalue weighted by Crippen LogP contribution is 2.16. The molecule has 0 saturated heterocycles. The Morgan fingerprint density at radius 3 is 2.56 bits per heavy atom. The molecule has 1 heterocycles. The van der Waals surface area contributed by atoms with Crippen LogP contribution in [0.15, 0.2) is 30.5 Å². The van der Waals surface area contributed by atoms with Crippen molar-refractivity contribution in [2.24, 2.45) is 0 Å². The maximum absolute atomic E-state index is 12.2. The summed E-state index contributed by atoms with van der Waals surface area (Å²) in [5, 5.41) is 18.8. The molecule has 0 aliphatic carbocycles. The molecule has 1 aromatic carbocycles. The van der Waals surface area contributed by atoms with E-state index >= 15 is 0 Å². The van der Waals surface area contributed by atoms with Crippen LogP contribution in [-0.4, -0.2) is 63.5 Å². The highest BCUT2D eigenvalue weighted by atomic mass is 16.5. The highest BCUT2D eigenvalue weighted by molar-refractivity contribution is 6.02. The van der Waals surface area contributed by atoms with Gasteiger partial charge in [-0.15, -0.1) is 5.10 Å². The number of carbonyl (C=O) groups excluding carboxylic acids is 2. The van der Waals surface area contributed by atoms with Gasteiger partial charge in [0.2, 0.25) is 5.91 Å². The Morgan fingerprint density at radius 2 is 1.93 bits per heavy atom. The third-order valence-corrected chi connectivity index (χ3v) is 3.48. The summed E-state index contributed by atoms with van der Waals surface area (Å²) < 4.78 is 6.72. The number of hydrogen-bond donors (Lipinski definition) is 2. The Kier molecular flexibility index (Phi) is 6.86. The molecule has 10 heteroatoms. The Bertz CT molecular complexity index is 800. The molecule has 0 radical (unpaired) electrons. The fraction of sp³-hybridized carbons (Fsp3) is 0.353. The maximum atomic E-state index is 12.2. The van der Waals surface area contributed by atoms with Gasteiger partial charge in [-0.3, -0.25) is 14.4 Å². The summed E-state index contributed by atoms with van der Waals surface area (Å²) in [5.74, 6) is -0.898. The fourth-order valence-electron chi connectivity index (χ4n) is 2.00. The van der Waals surface area contributed by atoms with E-state index in [0.717, 1.165) is 0 Å². The number of anilines is 1. The van der Waals surface area contributed by atoms with Crippen LogP contribution in [0.25, 0.3) is 0 Å². The third kappa shape index (κ3) is 6.42. The lowest BCUT2D eigenvalue weighted by atomic mass is 10.3. The minimum Gasteiger partial charge on any atom is -0.494 e. The van der Waals surface area contributed by atoms with Gasteiger partial charge in [0.1, 0.15) is 12.3 Å². The lowest BCUT2D eigenvalue weighted by Crippen LogP contribution is -2.26. The normalized spacial score (nSPS) is 10.3. The van der Waals surface area contributed by atoms with E-state index in [1.807, 2.05) is 0 Å². The van der Waals surface area contributed by atoms with E-state index in [0.29, 0.717) is 24.5 Å². The zero-order valence-corrected chi connectivity index (χ0v) is 15.1. The summed E-state index contributed by atoms with van der Waals surface area (Å²) in [4.78, 5) is 35.7. The summed E-state index contributed by atoms with van der Waals surface area (Å²) in [6.45, 7) is 0.300. The summed E-state index contributed by atoms with van der Waals surface area (Å²) >= 11 is 0. The number of nitrogens with zero attached hydrogens (tertiary/aromatic N) is 4. The van der Waals surface area contributed by atoms with Crippen molar-refractivity contribution in [3.8, 4) is 5.75 Å². The van der Waals surface area contributed by atoms with Crippen LogP contribution in [0.5, 0.6) is 5.75 Å². The van der Waals surface area contributed by atoms with Gasteiger partial charge < -0.3 is 20.1 Å². The number of rotatable bonds is 9. The van der Waals surface area contributed by atoms with Gasteiger partial charge in [-0.1, -0.05) is 5.21 Å². The van der Waals surface area contributed by atoms with Crippen molar-refractivity contribution in [2.45, 2.75) is 19.4 Å². The first kappa shape index (κ1) is 19.9. The van der Waals surface area contributed by atoms with E-state index in [1.165, 1.54) is 15.8 Å². The second-order valence-electron chi connectivity index (χ2n) is 5.91. The minimum atomic E-state index is -0.861. The molecule has 10 nitrogen and oxygen atoms in total. The predicted octanol–water partition coefficient (Wildman–Crippen LogP) is 0.862.